The lowest BCUT2D eigenvalue weighted by Gasteiger charge is -2.35. The third-order valence-corrected chi connectivity index (χ3v) is 11.9. The van der Waals surface area contributed by atoms with E-state index in [4.69, 9.17) is 4.42 Å². The van der Waals surface area contributed by atoms with Crippen LogP contribution in [0.15, 0.2) is 192 Å². The van der Waals surface area contributed by atoms with Crippen LogP contribution >= 0.6 is 0 Å². The summed E-state index contributed by atoms with van der Waals surface area (Å²) in [5.74, 6) is 0. The van der Waals surface area contributed by atoms with Crippen LogP contribution in [0.4, 0.5) is 11.4 Å². The molecule has 1 aliphatic heterocycles. The molecule has 0 amide bonds. The number of fused-ring (bicyclic) bond motifs is 8. The van der Waals surface area contributed by atoms with Gasteiger partial charge in [0.1, 0.15) is 11.2 Å². The van der Waals surface area contributed by atoms with Gasteiger partial charge in [-0.25, -0.2) is 0 Å². The van der Waals surface area contributed by atoms with Gasteiger partial charge in [0, 0.05) is 38.6 Å². The molecule has 0 bridgehead atoms. The van der Waals surface area contributed by atoms with E-state index in [2.05, 4.69) is 205 Å². The highest BCUT2D eigenvalue weighted by Gasteiger charge is 2.45. The Hall–Kier alpha value is -6.84. The molecule has 0 saturated heterocycles. The molecule has 3 heterocycles. The van der Waals surface area contributed by atoms with E-state index in [9.17, 15) is 0 Å². The zero-order chi connectivity index (χ0) is 36.7. The van der Waals surface area contributed by atoms with Crippen LogP contribution in [0.3, 0.4) is 0 Å². The number of rotatable bonds is 5. The first-order valence-corrected chi connectivity index (χ1v) is 19.1. The Morgan fingerprint density at radius 2 is 1.02 bits per heavy atom. The van der Waals surface area contributed by atoms with Crippen LogP contribution in [-0.4, -0.2) is 4.57 Å². The molecule has 0 fully saturated rings. The van der Waals surface area contributed by atoms with Gasteiger partial charge >= 0.3 is 0 Å². The molecule has 3 nitrogen and oxygen atoms in total. The van der Waals surface area contributed by atoms with E-state index >= 15 is 0 Å². The summed E-state index contributed by atoms with van der Waals surface area (Å²) in [6.45, 7) is 4.74. The lowest BCUT2D eigenvalue weighted by molar-refractivity contribution is 0.449. The van der Waals surface area contributed by atoms with Crippen LogP contribution in [0.2, 0.25) is 0 Å². The fraction of sp³-hybridized carbons (Fsp3) is 0.0769. The Balaban J connectivity index is 0.900. The molecule has 10 aromatic rings. The third kappa shape index (κ3) is 4.83. The number of benzene rings is 8. The molecule has 3 heteroatoms. The first kappa shape index (κ1) is 31.7. The predicted molar refractivity (Wildman–Crippen MR) is 230 cm³/mol. The van der Waals surface area contributed by atoms with Crippen molar-refractivity contribution in [3.63, 3.8) is 0 Å². The van der Waals surface area contributed by atoms with Gasteiger partial charge in [-0.15, -0.1) is 0 Å². The van der Waals surface area contributed by atoms with Gasteiger partial charge in [0.25, 0.3) is 0 Å². The molecule has 55 heavy (non-hydrogen) atoms. The van der Waals surface area contributed by atoms with E-state index in [1.807, 2.05) is 6.07 Å². The van der Waals surface area contributed by atoms with Gasteiger partial charge in [-0.3, -0.25) is 0 Å². The van der Waals surface area contributed by atoms with Gasteiger partial charge in [0.2, 0.25) is 0 Å². The summed E-state index contributed by atoms with van der Waals surface area (Å²) in [5, 5.41) is 4.65. The molecule has 0 saturated carbocycles. The molecule has 2 aromatic heterocycles. The highest BCUT2D eigenvalue weighted by atomic mass is 16.3. The van der Waals surface area contributed by atoms with Gasteiger partial charge in [-0.2, -0.15) is 0 Å². The SMILES string of the molecule is CC1(C)c2ccccc2N(c2ccc(-c3ccc(-c4ccc(-n5c6ccccc6c6c7oc8ccccc8c7ccc65)cc4)cc3)cc2)C1c1ccccc1. The number of nitrogens with zero attached hydrogens (tertiary/aromatic N) is 2. The van der Waals surface area contributed by atoms with E-state index in [-0.39, 0.29) is 11.5 Å². The van der Waals surface area contributed by atoms with Crippen molar-refractivity contribution >= 4 is 55.1 Å². The summed E-state index contributed by atoms with van der Waals surface area (Å²) in [5.41, 5.74) is 15.3. The Bertz CT molecular complexity index is 3040. The second-order valence-corrected chi connectivity index (χ2v) is 15.4. The van der Waals surface area contributed by atoms with Crippen molar-refractivity contribution < 1.29 is 4.42 Å². The second kappa shape index (κ2) is 12.1. The molecule has 0 N–H and O–H groups in total. The monoisotopic (exact) mass is 706 g/mol. The van der Waals surface area contributed by atoms with Crippen molar-refractivity contribution in [3.05, 3.63) is 199 Å². The fourth-order valence-corrected chi connectivity index (χ4v) is 9.31. The molecule has 8 aromatic carbocycles. The minimum Gasteiger partial charge on any atom is -0.455 e. The lowest BCUT2D eigenvalue weighted by Crippen LogP contribution is -2.30. The maximum absolute atomic E-state index is 6.50. The molecule has 1 aliphatic rings. The van der Waals surface area contributed by atoms with E-state index in [1.165, 1.54) is 55.7 Å². The van der Waals surface area contributed by atoms with Crippen molar-refractivity contribution in [1.82, 2.24) is 4.57 Å². The summed E-state index contributed by atoms with van der Waals surface area (Å²) in [6, 6.07) is 68.4. The zero-order valence-corrected chi connectivity index (χ0v) is 30.8. The average Bonchev–Trinajstić information content (AvgIpc) is 3.87. The van der Waals surface area contributed by atoms with Crippen molar-refractivity contribution in [2.45, 2.75) is 25.3 Å². The molecule has 0 spiro atoms. The van der Waals surface area contributed by atoms with E-state index in [0.717, 1.165) is 38.5 Å². The molecule has 0 radical (unpaired) electrons. The van der Waals surface area contributed by atoms with Crippen LogP contribution in [0, 0.1) is 0 Å². The number of aromatic nitrogens is 1. The van der Waals surface area contributed by atoms with Gasteiger partial charge < -0.3 is 13.9 Å². The number of para-hydroxylation sites is 3. The van der Waals surface area contributed by atoms with Crippen molar-refractivity contribution in [3.8, 4) is 27.9 Å². The Labute approximate surface area is 320 Å². The van der Waals surface area contributed by atoms with Gasteiger partial charge in [0.05, 0.1) is 22.5 Å². The maximum Gasteiger partial charge on any atom is 0.145 e. The van der Waals surface area contributed by atoms with Crippen LogP contribution < -0.4 is 4.90 Å². The number of furan rings is 1. The topological polar surface area (TPSA) is 21.3 Å². The minimum atomic E-state index is -0.0453. The molecule has 11 rings (SSSR count). The van der Waals surface area contributed by atoms with Gasteiger partial charge in [-0.1, -0.05) is 147 Å². The first-order chi connectivity index (χ1) is 27.0. The third-order valence-electron chi connectivity index (χ3n) is 11.9. The Morgan fingerprint density at radius 1 is 0.455 bits per heavy atom. The maximum atomic E-state index is 6.50. The van der Waals surface area contributed by atoms with Crippen LogP contribution in [0.1, 0.15) is 31.0 Å². The smallest absolute Gasteiger partial charge is 0.145 e. The van der Waals surface area contributed by atoms with E-state index in [1.54, 1.807) is 0 Å². The fourth-order valence-electron chi connectivity index (χ4n) is 9.31. The molecule has 1 atom stereocenters. The predicted octanol–water partition coefficient (Wildman–Crippen LogP) is 14.2. The molecule has 262 valence electrons. The number of hydrogen-bond donors (Lipinski definition) is 0. The summed E-state index contributed by atoms with van der Waals surface area (Å²) in [7, 11) is 0. The lowest BCUT2D eigenvalue weighted by atomic mass is 9.77. The Morgan fingerprint density at radius 3 is 1.73 bits per heavy atom. The molecular weight excluding hydrogens is 669 g/mol. The number of anilines is 2. The van der Waals surface area contributed by atoms with Crippen molar-refractivity contribution in [1.29, 1.82) is 0 Å². The normalized spacial score (nSPS) is 15.0. The summed E-state index contributed by atoms with van der Waals surface area (Å²) < 4.78 is 8.85. The summed E-state index contributed by atoms with van der Waals surface area (Å²) in [4.78, 5) is 2.53. The van der Waals surface area contributed by atoms with Gasteiger partial charge in [-0.05, 0) is 88.0 Å². The largest absolute Gasteiger partial charge is 0.455 e. The van der Waals surface area contributed by atoms with Crippen LogP contribution in [0.5, 0.6) is 0 Å². The highest BCUT2D eigenvalue weighted by molar-refractivity contribution is 6.23. The average molecular weight is 707 g/mol. The van der Waals surface area contributed by atoms with Crippen LogP contribution in [-0.2, 0) is 5.41 Å². The molecule has 1 unspecified atom stereocenters. The Kier molecular flexibility index (Phi) is 6.96. The zero-order valence-electron chi connectivity index (χ0n) is 30.8. The first-order valence-electron chi connectivity index (χ1n) is 19.1. The van der Waals surface area contributed by atoms with E-state index < -0.39 is 0 Å². The van der Waals surface area contributed by atoms with E-state index in [0.29, 0.717) is 0 Å². The van der Waals surface area contributed by atoms with Crippen molar-refractivity contribution in [2.24, 2.45) is 0 Å². The highest BCUT2D eigenvalue weighted by Crippen LogP contribution is 2.55. The second-order valence-electron chi connectivity index (χ2n) is 15.4. The summed E-state index contributed by atoms with van der Waals surface area (Å²) >= 11 is 0. The van der Waals surface area contributed by atoms with Crippen LogP contribution in [0.25, 0.3) is 71.7 Å². The summed E-state index contributed by atoms with van der Waals surface area (Å²) in [6.07, 6.45) is 0. The van der Waals surface area contributed by atoms with Crippen molar-refractivity contribution in [2.75, 3.05) is 4.90 Å². The van der Waals surface area contributed by atoms with Gasteiger partial charge in [0.15, 0.2) is 0 Å². The standard InChI is InChI=1S/C52H38N2O/c1-52(2)44-16-8-10-18-46(44)54(51(52)38-12-4-3-5-13-38)40-30-26-37(27-31-40)35-22-20-34(21-23-35)36-24-28-39(29-25-36)53-45-17-9-6-15-43(45)49-47(53)33-32-42-41-14-7-11-19-48(41)55-50(42)49/h3-33,51H,1-2H3. The molecule has 0 aliphatic carbocycles. The number of hydrogen-bond acceptors (Lipinski definition) is 2. The minimum absolute atomic E-state index is 0.0453. The quantitative estimate of drug-likeness (QED) is 0.178. The molecular formula is C52H38N2O.